The molecule has 0 aliphatic carbocycles. The Morgan fingerprint density at radius 2 is 2.32 bits per heavy atom. The topological polar surface area (TPSA) is 88.0 Å². The molecule has 0 amide bonds. The first-order chi connectivity index (χ1) is 8.99. The highest BCUT2D eigenvalue weighted by Crippen LogP contribution is 2.26. The Bertz CT molecular complexity index is 680. The van der Waals surface area contributed by atoms with Crippen molar-refractivity contribution in [1.82, 2.24) is 14.8 Å². The number of thioether (sulfide) groups is 1. The number of halogens is 1. The number of nitrogens with one attached hydrogen (secondary N) is 1. The van der Waals surface area contributed by atoms with Gasteiger partial charge in [-0.05, 0) is 17.7 Å². The number of carboxylic acid groups (broad SMARTS) is 1. The van der Waals surface area contributed by atoms with Gasteiger partial charge in [0.25, 0.3) is 0 Å². The van der Waals surface area contributed by atoms with E-state index in [0.29, 0.717) is 10.9 Å². The number of aromatic amines is 1. The monoisotopic (exact) mass is 343 g/mol. The molecule has 19 heavy (non-hydrogen) atoms. The molecule has 2 N–H and O–H groups in total. The van der Waals surface area contributed by atoms with Crippen LogP contribution in [0.5, 0.6) is 0 Å². The number of aromatic carboxylic acids is 1. The fraction of sp³-hybridized carbons (Fsp3) is 0.182. The molecule has 0 atom stereocenters. The fourth-order valence-corrected chi connectivity index (χ4v) is 3.03. The van der Waals surface area contributed by atoms with Gasteiger partial charge in [-0.1, -0.05) is 33.8 Å². The minimum absolute atomic E-state index is 0.229. The van der Waals surface area contributed by atoms with Gasteiger partial charge in [-0.15, -0.1) is 5.10 Å². The first-order valence-corrected chi connectivity index (χ1v) is 7.03. The molecular weight excluding hydrogens is 334 g/mol. The molecular formula is C11H10BrN3O3S. The predicted molar refractivity (Wildman–Crippen MR) is 74.5 cm³/mol. The second kappa shape index (κ2) is 5.62. The average molecular weight is 344 g/mol. The molecule has 2 aromatic rings. The van der Waals surface area contributed by atoms with Crippen molar-refractivity contribution >= 4 is 33.7 Å². The summed E-state index contributed by atoms with van der Waals surface area (Å²) in [7, 11) is 1.64. The molecule has 8 heteroatoms. The lowest BCUT2D eigenvalue weighted by Crippen LogP contribution is -2.12. The standard InChI is InChI=1S/C11H10BrN3O3S/c1-15-10(18)13-14-11(15)19-5-7-3-2-6(9(16)17)4-8(7)12/h2-4H,5H2,1H3,(H,13,18)(H,16,17). The molecule has 1 aromatic carbocycles. The number of hydrogen-bond acceptors (Lipinski definition) is 4. The Hall–Kier alpha value is -1.54. The third-order valence-corrected chi connectivity index (χ3v) is 4.31. The SMILES string of the molecule is Cn1c(SCc2ccc(C(=O)O)cc2Br)n[nH]c1=O. The lowest BCUT2D eigenvalue weighted by atomic mass is 10.1. The Morgan fingerprint density at radius 3 is 2.84 bits per heavy atom. The van der Waals surface area contributed by atoms with Crippen LogP contribution in [0.2, 0.25) is 0 Å². The largest absolute Gasteiger partial charge is 0.478 e. The number of carboxylic acids is 1. The van der Waals surface area contributed by atoms with Gasteiger partial charge in [-0.2, -0.15) is 0 Å². The molecule has 1 aromatic heterocycles. The van der Waals surface area contributed by atoms with Crippen molar-refractivity contribution in [3.63, 3.8) is 0 Å². The third kappa shape index (κ3) is 3.07. The summed E-state index contributed by atoms with van der Waals surface area (Å²) < 4.78 is 2.14. The van der Waals surface area contributed by atoms with Crippen molar-refractivity contribution in [2.45, 2.75) is 10.9 Å². The number of H-pyrrole nitrogens is 1. The third-order valence-electron chi connectivity index (χ3n) is 2.50. The van der Waals surface area contributed by atoms with E-state index in [0.717, 1.165) is 10.0 Å². The Balaban J connectivity index is 2.14. The van der Waals surface area contributed by atoms with Crippen LogP contribution in [-0.4, -0.2) is 25.8 Å². The number of rotatable bonds is 4. The first-order valence-electron chi connectivity index (χ1n) is 5.25. The van der Waals surface area contributed by atoms with Crippen molar-refractivity contribution < 1.29 is 9.90 Å². The highest BCUT2D eigenvalue weighted by molar-refractivity contribution is 9.10. The van der Waals surface area contributed by atoms with Crippen LogP contribution in [0.4, 0.5) is 0 Å². The molecule has 0 aliphatic rings. The minimum atomic E-state index is -0.963. The van der Waals surface area contributed by atoms with Crippen molar-refractivity contribution in [3.05, 3.63) is 44.3 Å². The maximum Gasteiger partial charge on any atom is 0.343 e. The summed E-state index contributed by atoms with van der Waals surface area (Å²) >= 11 is 4.73. The summed E-state index contributed by atoms with van der Waals surface area (Å²) in [4.78, 5) is 22.0. The summed E-state index contributed by atoms with van der Waals surface area (Å²) in [6.07, 6.45) is 0. The number of carbonyl (C=O) groups is 1. The van der Waals surface area contributed by atoms with Gasteiger partial charge < -0.3 is 5.11 Å². The van der Waals surface area contributed by atoms with Crippen LogP contribution < -0.4 is 5.69 Å². The van der Waals surface area contributed by atoms with Gasteiger partial charge in [0.2, 0.25) is 0 Å². The van der Waals surface area contributed by atoms with E-state index in [2.05, 4.69) is 26.1 Å². The molecule has 0 saturated heterocycles. The van der Waals surface area contributed by atoms with Gasteiger partial charge in [0.1, 0.15) is 0 Å². The summed E-state index contributed by atoms with van der Waals surface area (Å²) in [6, 6.07) is 4.85. The summed E-state index contributed by atoms with van der Waals surface area (Å²) in [5.41, 5.74) is 0.904. The van der Waals surface area contributed by atoms with Crippen LogP contribution in [0.3, 0.4) is 0 Å². The first kappa shape index (κ1) is 13.9. The second-order valence-corrected chi connectivity index (χ2v) is 5.57. The number of hydrogen-bond donors (Lipinski definition) is 2. The van der Waals surface area contributed by atoms with E-state index in [-0.39, 0.29) is 11.3 Å². The molecule has 6 nitrogen and oxygen atoms in total. The van der Waals surface area contributed by atoms with E-state index < -0.39 is 5.97 Å². The molecule has 0 spiro atoms. The van der Waals surface area contributed by atoms with Crippen LogP contribution >= 0.6 is 27.7 Å². The number of nitrogens with zero attached hydrogens (tertiary/aromatic N) is 2. The zero-order chi connectivity index (χ0) is 14.0. The molecule has 1 heterocycles. The molecule has 0 fully saturated rings. The van der Waals surface area contributed by atoms with Crippen molar-refractivity contribution in [2.75, 3.05) is 0 Å². The molecule has 0 bridgehead atoms. The van der Waals surface area contributed by atoms with Gasteiger partial charge >= 0.3 is 11.7 Å². The average Bonchev–Trinajstić information content (AvgIpc) is 2.68. The maximum absolute atomic E-state index is 11.2. The normalized spacial score (nSPS) is 10.6. The lowest BCUT2D eigenvalue weighted by Gasteiger charge is -2.05. The van der Waals surface area contributed by atoms with Crippen LogP contribution in [0.1, 0.15) is 15.9 Å². The molecule has 100 valence electrons. The predicted octanol–water partition coefficient (Wildman–Crippen LogP) is 1.86. The summed E-state index contributed by atoms with van der Waals surface area (Å²) in [5, 5.41) is 15.7. The minimum Gasteiger partial charge on any atom is -0.478 e. The van der Waals surface area contributed by atoms with Crippen molar-refractivity contribution in [3.8, 4) is 0 Å². The van der Waals surface area contributed by atoms with Gasteiger partial charge in [0.15, 0.2) is 5.16 Å². The zero-order valence-electron chi connectivity index (χ0n) is 9.88. The zero-order valence-corrected chi connectivity index (χ0v) is 12.3. The van der Waals surface area contributed by atoms with Gasteiger partial charge in [-0.3, -0.25) is 4.57 Å². The fourth-order valence-electron chi connectivity index (χ4n) is 1.40. The number of benzene rings is 1. The second-order valence-electron chi connectivity index (χ2n) is 3.77. The van der Waals surface area contributed by atoms with E-state index >= 15 is 0 Å². The van der Waals surface area contributed by atoms with E-state index in [1.807, 2.05) is 0 Å². The van der Waals surface area contributed by atoms with Crippen LogP contribution in [0, 0.1) is 0 Å². The quantitative estimate of drug-likeness (QED) is 0.827. The maximum atomic E-state index is 11.2. The summed E-state index contributed by atoms with van der Waals surface area (Å²) in [5.74, 6) is -0.381. The Kier molecular flexibility index (Phi) is 4.11. The Labute approximate surface area is 121 Å². The number of aromatic nitrogens is 3. The van der Waals surface area contributed by atoms with E-state index in [1.165, 1.54) is 16.3 Å². The van der Waals surface area contributed by atoms with Crippen molar-refractivity contribution in [2.24, 2.45) is 7.05 Å². The molecule has 2 rings (SSSR count). The van der Waals surface area contributed by atoms with E-state index in [4.69, 9.17) is 5.11 Å². The van der Waals surface area contributed by atoms with Gasteiger partial charge in [0.05, 0.1) is 5.56 Å². The van der Waals surface area contributed by atoms with Crippen LogP contribution in [-0.2, 0) is 12.8 Å². The van der Waals surface area contributed by atoms with Gasteiger partial charge in [0, 0.05) is 17.3 Å². The van der Waals surface area contributed by atoms with Gasteiger partial charge in [-0.25, -0.2) is 14.7 Å². The highest BCUT2D eigenvalue weighted by atomic mass is 79.9. The molecule has 0 saturated carbocycles. The van der Waals surface area contributed by atoms with Crippen molar-refractivity contribution in [1.29, 1.82) is 0 Å². The molecule has 0 aliphatic heterocycles. The lowest BCUT2D eigenvalue weighted by molar-refractivity contribution is 0.0697. The molecule has 0 unspecified atom stereocenters. The highest BCUT2D eigenvalue weighted by Gasteiger charge is 2.09. The Morgan fingerprint density at radius 1 is 1.58 bits per heavy atom. The smallest absolute Gasteiger partial charge is 0.343 e. The van der Waals surface area contributed by atoms with E-state index in [1.54, 1.807) is 25.2 Å². The van der Waals surface area contributed by atoms with Crippen LogP contribution in [0.25, 0.3) is 0 Å². The summed E-state index contributed by atoms with van der Waals surface area (Å²) in [6.45, 7) is 0. The van der Waals surface area contributed by atoms with Crippen LogP contribution in [0.15, 0.2) is 32.6 Å². The molecule has 0 radical (unpaired) electrons. The van der Waals surface area contributed by atoms with E-state index in [9.17, 15) is 9.59 Å².